The van der Waals surface area contributed by atoms with Gasteiger partial charge in [0.1, 0.15) is 0 Å². The van der Waals surface area contributed by atoms with E-state index in [2.05, 4.69) is 6.07 Å². The molecule has 0 amide bonds. The third-order valence-corrected chi connectivity index (χ3v) is 0.923. The van der Waals surface area contributed by atoms with Gasteiger partial charge in [-0.1, -0.05) is 41.5 Å². The van der Waals surface area contributed by atoms with Crippen molar-refractivity contribution in [2.24, 2.45) is 0 Å². The summed E-state index contributed by atoms with van der Waals surface area (Å²) < 4.78 is 4.89. The van der Waals surface area contributed by atoms with Crippen molar-refractivity contribution >= 4 is 0 Å². The third-order valence-electron chi connectivity index (χ3n) is 0.923. The van der Waals surface area contributed by atoms with E-state index in [0.29, 0.717) is 0 Å². The molecule has 21 heavy (non-hydrogen) atoms. The van der Waals surface area contributed by atoms with Crippen molar-refractivity contribution in [2.75, 3.05) is 7.11 Å². The number of hydrogen-bond donors (Lipinski definition) is 0. The van der Waals surface area contributed by atoms with Gasteiger partial charge in [0, 0.05) is 5.75 Å². The van der Waals surface area contributed by atoms with Gasteiger partial charge in [-0.25, -0.2) is 0 Å². The molecule has 0 aliphatic carbocycles. The maximum Gasteiger partial charge on any atom is 4.00 e. The van der Waals surface area contributed by atoms with E-state index in [0.717, 1.165) is 5.75 Å². The molecule has 4 nitrogen and oxygen atoms in total. The van der Waals surface area contributed by atoms with Gasteiger partial charge in [0.05, 0.1) is 7.11 Å². The molecule has 0 spiro atoms. The Balaban J connectivity index is -0.0000000973. The Hall–Kier alpha value is -0.386. The monoisotopic (exact) mass is 332 g/mol. The molecule has 1 aromatic rings. The fraction of sp³-hybridized carbons (Fsp3) is 0.625. The Kier molecular flexibility index (Phi) is 30.0. The zero-order valence-corrected chi connectivity index (χ0v) is 15.7. The molecule has 1 rings (SSSR count). The van der Waals surface area contributed by atoms with Crippen LogP contribution < -0.4 is 20.1 Å². The van der Waals surface area contributed by atoms with Gasteiger partial charge in [0.15, 0.2) is 0 Å². The summed E-state index contributed by atoms with van der Waals surface area (Å²) in [6.45, 7) is 9.67. The fourth-order valence-electron chi connectivity index (χ4n) is 0.508. The quantitative estimate of drug-likeness (QED) is 0.562. The van der Waals surface area contributed by atoms with E-state index in [1.54, 1.807) is 48.7 Å². The van der Waals surface area contributed by atoms with Gasteiger partial charge >= 0.3 is 21.7 Å². The van der Waals surface area contributed by atoms with Crippen LogP contribution in [0.1, 0.15) is 41.5 Å². The molecule has 0 heterocycles. The Labute approximate surface area is 145 Å². The van der Waals surface area contributed by atoms with E-state index < -0.39 is 18.3 Å². The smallest absolute Gasteiger partial charge is 0.852 e. The molecule has 0 saturated heterocycles. The van der Waals surface area contributed by atoms with E-state index in [4.69, 9.17) is 4.74 Å². The molecule has 1 aromatic carbocycles. The molecular formula is C16H28O4Ti. The van der Waals surface area contributed by atoms with Crippen LogP contribution >= 0.6 is 0 Å². The maximum atomic E-state index is 9.53. The van der Waals surface area contributed by atoms with Crippen molar-refractivity contribution < 1.29 is 41.8 Å². The second kappa shape index (κ2) is 21.9. The van der Waals surface area contributed by atoms with Crippen molar-refractivity contribution in [2.45, 2.75) is 59.9 Å². The first-order valence-corrected chi connectivity index (χ1v) is 6.60. The Morgan fingerprint density at radius 1 is 0.810 bits per heavy atom. The van der Waals surface area contributed by atoms with Gasteiger partial charge in [-0.2, -0.15) is 18.2 Å². The Bertz CT molecular complexity index is 242. The molecule has 0 unspecified atom stereocenters. The molecule has 5 heteroatoms. The summed E-state index contributed by atoms with van der Waals surface area (Å²) in [5, 5.41) is 28.6. The van der Waals surface area contributed by atoms with E-state index in [9.17, 15) is 15.3 Å². The summed E-state index contributed by atoms with van der Waals surface area (Å²) in [6, 6.07) is 10.2. The molecule has 0 radical (unpaired) electrons. The number of methoxy groups -OCH3 is 1. The number of ether oxygens (including phenoxy) is 1. The summed E-state index contributed by atoms with van der Waals surface area (Å²) >= 11 is 0. The van der Waals surface area contributed by atoms with Crippen molar-refractivity contribution in [3.63, 3.8) is 0 Å². The molecule has 0 aliphatic heterocycles. The molecule has 120 valence electrons. The number of rotatable bonds is 1. The average Bonchev–Trinajstić information content (AvgIpc) is 2.28. The minimum absolute atomic E-state index is 0. The van der Waals surface area contributed by atoms with E-state index in [1.165, 1.54) is 0 Å². The van der Waals surface area contributed by atoms with Crippen LogP contribution in [0.25, 0.3) is 0 Å². The average molecular weight is 332 g/mol. The summed E-state index contributed by atoms with van der Waals surface area (Å²) in [6.07, 6.45) is -1.25. The van der Waals surface area contributed by atoms with Gasteiger partial charge in [-0.3, -0.25) is 0 Å². The minimum Gasteiger partial charge on any atom is -0.852 e. The number of hydrogen-bond acceptors (Lipinski definition) is 4. The molecule has 0 bridgehead atoms. The standard InChI is InChI=1S/C7H7O.3C3H7O.Ti/c1-8-7-5-3-2-4-6-7;3*1-3(2)4;/h3-6H,1H3;3*3H,1-2H3;/q4*-1;+4. The van der Waals surface area contributed by atoms with Crippen LogP contribution in [-0.2, 0) is 21.7 Å². The summed E-state index contributed by atoms with van der Waals surface area (Å²) in [7, 11) is 1.65. The van der Waals surface area contributed by atoms with Crippen LogP contribution in [0, 0.1) is 6.07 Å². The van der Waals surface area contributed by atoms with Gasteiger partial charge in [0.2, 0.25) is 0 Å². The first-order valence-electron chi connectivity index (χ1n) is 6.60. The zero-order chi connectivity index (χ0) is 16.6. The zero-order valence-electron chi connectivity index (χ0n) is 14.2. The van der Waals surface area contributed by atoms with Crippen LogP contribution in [0.3, 0.4) is 0 Å². The van der Waals surface area contributed by atoms with Gasteiger partial charge in [-0.05, 0) is 0 Å². The van der Waals surface area contributed by atoms with E-state index >= 15 is 0 Å². The van der Waals surface area contributed by atoms with Crippen LogP contribution in [0.5, 0.6) is 5.75 Å². The maximum absolute atomic E-state index is 9.53. The summed E-state index contributed by atoms with van der Waals surface area (Å²) in [4.78, 5) is 0. The first kappa shape index (κ1) is 28.7. The normalized spacial score (nSPS) is 8.43. The van der Waals surface area contributed by atoms with Gasteiger partial charge < -0.3 is 20.1 Å². The van der Waals surface area contributed by atoms with E-state index in [-0.39, 0.29) is 21.7 Å². The molecular weight excluding hydrogens is 304 g/mol. The van der Waals surface area contributed by atoms with E-state index in [1.807, 2.05) is 24.3 Å². The molecule has 0 aliphatic rings. The Morgan fingerprint density at radius 3 is 1.19 bits per heavy atom. The number of benzene rings is 1. The van der Waals surface area contributed by atoms with Crippen molar-refractivity contribution in [1.29, 1.82) is 0 Å². The fourth-order valence-corrected chi connectivity index (χ4v) is 0.508. The van der Waals surface area contributed by atoms with Gasteiger partial charge in [-0.15, -0.1) is 30.4 Å². The molecule has 0 fully saturated rings. The van der Waals surface area contributed by atoms with Crippen LogP contribution in [-0.4, -0.2) is 25.4 Å². The molecule has 0 aromatic heterocycles. The largest absolute Gasteiger partial charge is 4.00 e. The first-order chi connectivity index (χ1) is 9.13. The summed E-state index contributed by atoms with van der Waals surface area (Å²) in [5.74, 6) is 0.878. The predicted molar refractivity (Wildman–Crippen MR) is 77.2 cm³/mol. The van der Waals surface area contributed by atoms with Crippen LogP contribution in [0.4, 0.5) is 0 Å². The third kappa shape index (κ3) is 65.8. The predicted octanol–water partition coefficient (Wildman–Crippen LogP) is 0.758. The second-order valence-electron chi connectivity index (χ2n) is 4.59. The minimum atomic E-state index is -0.417. The van der Waals surface area contributed by atoms with Crippen LogP contribution in [0.2, 0.25) is 0 Å². The molecule has 0 atom stereocenters. The van der Waals surface area contributed by atoms with Crippen LogP contribution in [0.15, 0.2) is 24.3 Å². The summed E-state index contributed by atoms with van der Waals surface area (Å²) in [5.41, 5.74) is 0. The molecule has 0 saturated carbocycles. The SMILES string of the molecule is CC(C)[O-].CC(C)[O-].CC(C)[O-].COc1cc[c-]cc1.[Ti+4]. The van der Waals surface area contributed by atoms with Crippen molar-refractivity contribution in [3.05, 3.63) is 30.3 Å². The van der Waals surface area contributed by atoms with Crippen molar-refractivity contribution in [3.8, 4) is 5.75 Å². The van der Waals surface area contributed by atoms with Crippen molar-refractivity contribution in [1.82, 2.24) is 0 Å². The Morgan fingerprint density at radius 2 is 1.05 bits per heavy atom. The molecule has 0 N–H and O–H groups in total. The second-order valence-corrected chi connectivity index (χ2v) is 4.59. The topological polar surface area (TPSA) is 78.4 Å². The van der Waals surface area contributed by atoms with Gasteiger partial charge in [0.25, 0.3) is 0 Å².